The molecule has 0 aliphatic heterocycles. The van der Waals surface area contributed by atoms with Gasteiger partial charge in [0.25, 0.3) is 0 Å². The fraction of sp³-hybridized carbons (Fsp3) is 0.200. The first kappa shape index (κ1) is 31.7. The summed E-state index contributed by atoms with van der Waals surface area (Å²) in [5.74, 6) is 0.596. The van der Waals surface area contributed by atoms with Gasteiger partial charge in [-0.3, -0.25) is 14.0 Å². The number of fused-ring (bicyclic) bond motifs is 1. The second-order valence-electron chi connectivity index (χ2n) is 9.25. The second kappa shape index (κ2) is 14.3. The number of para-hydroxylation sites is 2. The van der Waals surface area contributed by atoms with Crippen molar-refractivity contribution in [2.75, 3.05) is 19.5 Å². The van der Waals surface area contributed by atoms with Crippen molar-refractivity contribution in [2.24, 2.45) is 0 Å². The van der Waals surface area contributed by atoms with E-state index in [1.54, 1.807) is 68.9 Å². The molecule has 0 saturated heterocycles. The standard InChI is InChI=1S/C16H18N4O3S.C14H11Cl2NO2/c1-9-7-17-12(10(2)14(9)23-4)8-24(21)16-18-11-5-6-13(22-3)19-15(11)20-16;15-10-5-3-6-11(16)14(10)17-12-7-2-1-4-9(12)8-13(18)19/h5-7H,8H2,1-4H3,(H,18,19,20);1-7,17H,8H2,(H,18,19). The molecule has 3 heterocycles. The number of methoxy groups -OCH3 is 2. The third kappa shape index (κ3) is 7.81. The fourth-order valence-electron chi connectivity index (χ4n) is 4.20. The summed E-state index contributed by atoms with van der Waals surface area (Å²) < 4.78 is 23.1. The maximum Gasteiger partial charge on any atom is 0.307 e. The van der Waals surface area contributed by atoms with E-state index in [1.807, 2.05) is 19.9 Å². The Kier molecular flexibility index (Phi) is 10.6. The lowest BCUT2D eigenvalue weighted by Gasteiger charge is -2.13. The van der Waals surface area contributed by atoms with Gasteiger partial charge >= 0.3 is 5.97 Å². The molecule has 1 atom stereocenters. The summed E-state index contributed by atoms with van der Waals surface area (Å²) in [6.45, 7) is 3.84. The molecule has 1 unspecified atom stereocenters. The average molecular weight is 643 g/mol. The van der Waals surface area contributed by atoms with E-state index >= 15 is 0 Å². The zero-order valence-electron chi connectivity index (χ0n) is 23.8. The summed E-state index contributed by atoms with van der Waals surface area (Å²) >= 11 is 12.1. The number of carboxylic acid groups (broad SMARTS) is 1. The Bertz CT molecular complexity index is 1780. The molecule has 0 amide bonds. The van der Waals surface area contributed by atoms with Gasteiger partial charge in [0.1, 0.15) is 5.75 Å². The Hall–Kier alpha value is -4.19. The van der Waals surface area contributed by atoms with Crippen molar-refractivity contribution in [1.29, 1.82) is 0 Å². The zero-order chi connectivity index (χ0) is 31.1. The van der Waals surface area contributed by atoms with Gasteiger partial charge in [-0.1, -0.05) is 47.5 Å². The number of imidazole rings is 1. The van der Waals surface area contributed by atoms with Gasteiger partial charge in [0, 0.05) is 29.1 Å². The largest absolute Gasteiger partial charge is 0.496 e. The number of benzene rings is 2. The highest BCUT2D eigenvalue weighted by Crippen LogP contribution is 2.33. The molecule has 0 bridgehead atoms. The molecule has 0 spiro atoms. The number of hydrogen-bond donors (Lipinski definition) is 3. The predicted molar refractivity (Wildman–Crippen MR) is 168 cm³/mol. The van der Waals surface area contributed by atoms with E-state index < -0.39 is 16.8 Å². The Balaban J connectivity index is 0.000000203. The minimum atomic E-state index is -1.37. The van der Waals surface area contributed by atoms with Gasteiger partial charge < -0.3 is 24.9 Å². The number of anilines is 2. The van der Waals surface area contributed by atoms with Crippen molar-refractivity contribution in [1.82, 2.24) is 19.9 Å². The number of ether oxygens (including phenoxy) is 2. The molecule has 2 aromatic carbocycles. The predicted octanol–water partition coefficient (Wildman–Crippen LogP) is 6.66. The van der Waals surface area contributed by atoms with Gasteiger partial charge in [-0.2, -0.15) is 4.98 Å². The molecule has 3 aromatic heterocycles. The summed E-state index contributed by atoms with van der Waals surface area (Å²) in [5.41, 5.74) is 5.68. The molecule has 0 saturated carbocycles. The summed E-state index contributed by atoms with van der Waals surface area (Å²) in [6, 6.07) is 15.9. The smallest absolute Gasteiger partial charge is 0.307 e. The summed E-state index contributed by atoms with van der Waals surface area (Å²) in [4.78, 5) is 26.8. The lowest BCUT2D eigenvalue weighted by molar-refractivity contribution is -0.136. The lowest BCUT2D eigenvalue weighted by Crippen LogP contribution is -2.05. The molecular formula is C30H29Cl2N5O5S. The van der Waals surface area contributed by atoms with Crippen LogP contribution >= 0.6 is 23.2 Å². The van der Waals surface area contributed by atoms with E-state index in [4.69, 9.17) is 37.8 Å². The molecule has 5 rings (SSSR count). The van der Waals surface area contributed by atoms with Gasteiger partial charge in [-0.05, 0) is 43.7 Å². The maximum atomic E-state index is 12.7. The number of nitrogens with one attached hydrogen (secondary N) is 2. The van der Waals surface area contributed by atoms with E-state index in [0.29, 0.717) is 49.2 Å². The molecule has 5 aromatic rings. The highest BCUT2D eigenvalue weighted by atomic mass is 35.5. The van der Waals surface area contributed by atoms with Crippen LogP contribution in [-0.4, -0.2) is 49.4 Å². The molecule has 0 aliphatic rings. The molecule has 3 N–H and O–H groups in total. The highest BCUT2D eigenvalue weighted by molar-refractivity contribution is 7.84. The van der Waals surface area contributed by atoms with Crippen LogP contribution in [0.2, 0.25) is 10.0 Å². The number of aromatic nitrogens is 4. The van der Waals surface area contributed by atoms with Crippen molar-refractivity contribution in [3.63, 3.8) is 0 Å². The first-order valence-corrected chi connectivity index (χ1v) is 15.0. The fourth-order valence-corrected chi connectivity index (χ4v) is 5.78. The van der Waals surface area contributed by atoms with Gasteiger partial charge in [0.15, 0.2) is 10.8 Å². The van der Waals surface area contributed by atoms with Crippen molar-refractivity contribution < 1.29 is 23.6 Å². The normalized spacial score (nSPS) is 11.4. The van der Waals surface area contributed by atoms with E-state index in [9.17, 15) is 9.00 Å². The average Bonchev–Trinajstić information content (AvgIpc) is 3.41. The van der Waals surface area contributed by atoms with Crippen LogP contribution in [0.25, 0.3) is 11.2 Å². The maximum absolute atomic E-state index is 12.7. The number of aliphatic carboxylic acids is 1. The van der Waals surface area contributed by atoms with Crippen molar-refractivity contribution in [2.45, 2.75) is 31.2 Å². The number of aryl methyl sites for hydroxylation is 1. The van der Waals surface area contributed by atoms with E-state index in [2.05, 4.69) is 25.3 Å². The third-order valence-corrected chi connectivity index (χ3v) is 8.11. The molecule has 0 radical (unpaired) electrons. The highest BCUT2D eigenvalue weighted by Gasteiger charge is 2.17. The monoisotopic (exact) mass is 641 g/mol. The zero-order valence-corrected chi connectivity index (χ0v) is 26.1. The van der Waals surface area contributed by atoms with Crippen molar-refractivity contribution in [3.8, 4) is 11.6 Å². The van der Waals surface area contributed by atoms with Gasteiger partial charge in [-0.15, -0.1) is 0 Å². The van der Waals surface area contributed by atoms with E-state index in [0.717, 1.165) is 22.6 Å². The van der Waals surface area contributed by atoms with Crippen LogP contribution in [-0.2, 0) is 27.8 Å². The van der Waals surface area contributed by atoms with Crippen LogP contribution in [0.1, 0.15) is 22.4 Å². The van der Waals surface area contributed by atoms with Crippen LogP contribution in [0.3, 0.4) is 0 Å². The molecule has 224 valence electrons. The summed E-state index contributed by atoms with van der Waals surface area (Å²) in [6.07, 6.45) is 1.66. The lowest BCUT2D eigenvalue weighted by atomic mass is 10.1. The SMILES string of the molecule is COc1ccc2[nH]c(S(=O)Cc3ncc(C)c(OC)c3C)nc2n1.O=C(O)Cc1ccccc1Nc1c(Cl)cccc1Cl. The van der Waals surface area contributed by atoms with Crippen molar-refractivity contribution in [3.05, 3.63) is 93.2 Å². The number of halogens is 2. The van der Waals surface area contributed by atoms with E-state index in [1.165, 1.54) is 0 Å². The van der Waals surface area contributed by atoms with Crippen molar-refractivity contribution >= 4 is 62.5 Å². The number of carbonyl (C=O) groups is 1. The van der Waals surface area contributed by atoms with Gasteiger partial charge in [0.2, 0.25) is 5.88 Å². The Morgan fingerprint density at radius 1 is 1.00 bits per heavy atom. The first-order valence-electron chi connectivity index (χ1n) is 12.9. The quantitative estimate of drug-likeness (QED) is 0.161. The first-order chi connectivity index (χ1) is 20.6. The minimum absolute atomic E-state index is 0.0642. The van der Waals surface area contributed by atoms with Crippen LogP contribution < -0.4 is 14.8 Å². The minimum Gasteiger partial charge on any atom is -0.496 e. The molecule has 10 nitrogen and oxygen atoms in total. The third-order valence-electron chi connectivity index (χ3n) is 6.32. The molecule has 13 heteroatoms. The number of aromatic amines is 1. The molecule has 43 heavy (non-hydrogen) atoms. The Labute approximate surface area is 260 Å². The molecular weight excluding hydrogens is 613 g/mol. The van der Waals surface area contributed by atoms with Crippen LogP contribution in [0, 0.1) is 13.8 Å². The number of carboxylic acids is 1. The summed E-state index contributed by atoms with van der Waals surface area (Å²) in [7, 11) is 1.79. The Morgan fingerprint density at radius 2 is 1.72 bits per heavy atom. The Morgan fingerprint density at radius 3 is 2.40 bits per heavy atom. The van der Waals surface area contributed by atoms with Crippen LogP contribution in [0.4, 0.5) is 11.4 Å². The number of rotatable bonds is 9. The number of hydrogen-bond acceptors (Lipinski definition) is 8. The number of nitrogens with zero attached hydrogens (tertiary/aromatic N) is 3. The summed E-state index contributed by atoms with van der Waals surface area (Å²) in [5, 5.41) is 13.3. The topological polar surface area (TPSA) is 139 Å². The van der Waals surface area contributed by atoms with E-state index in [-0.39, 0.29) is 12.2 Å². The van der Waals surface area contributed by atoms with Gasteiger partial charge in [-0.25, -0.2) is 4.98 Å². The number of pyridine rings is 2. The number of H-pyrrole nitrogens is 1. The molecule has 0 aliphatic carbocycles. The van der Waals surface area contributed by atoms with Crippen LogP contribution in [0.5, 0.6) is 11.6 Å². The van der Waals surface area contributed by atoms with Crippen LogP contribution in [0.15, 0.2) is 66.0 Å². The van der Waals surface area contributed by atoms with Gasteiger partial charge in [0.05, 0.1) is 64.1 Å². The molecule has 0 fully saturated rings. The second-order valence-corrected chi connectivity index (χ2v) is 11.4.